The molecule has 0 N–H and O–H groups in total. The van der Waals surface area contributed by atoms with E-state index in [1.807, 2.05) is 17.0 Å². The molecule has 0 radical (unpaired) electrons. The predicted molar refractivity (Wildman–Crippen MR) is 97.5 cm³/mol. The van der Waals surface area contributed by atoms with E-state index in [4.69, 9.17) is 14.2 Å². The van der Waals surface area contributed by atoms with Crippen LogP contribution >= 0.6 is 0 Å². The molecular formula is C19H30N2O4. The van der Waals surface area contributed by atoms with Gasteiger partial charge in [-0.05, 0) is 30.5 Å². The van der Waals surface area contributed by atoms with Crippen LogP contribution in [-0.2, 0) is 11.2 Å². The largest absolute Gasteiger partial charge is 0.493 e. The standard InChI is InChI=1S/C19H30N2O4/c1-4-5-14-25-19(22)21-12-10-20(11-13-21)9-8-16-6-7-17(23-2)18(15-16)24-3/h6-7,15H,4-5,8-14H2,1-3H3. The molecule has 0 bridgehead atoms. The maximum absolute atomic E-state index is 11.9. The van der Waals surface area contributed by atoms with Crippen LogP contribution in [-0.4, -0.2) is 69.4 Å². The van der Waals surface area contributed by atoms with Gasteiger partial charge in [0.05, 0.1) is 20.8 Å². The lowest BCUT2D eigenvalue weighted by Gasteiger charge is -2.34. The van der Waals surface area contributed by atoms with E-state index in [1.54, 1.807) is 14.2 Å². The van der Waals surface area contributed by atoms with Crippen LogP contribution in [0.15, 0.2) is 18.2 Å². The highest BCUT2D eigenvalue weighted by molar-refractivity contribution is 5.67. The first-order valence-corrected chi connectivity index (χ1v) is 9.03. The third kappa shape index (κ3) is 5.81. The molecule has 0 saturated carbocycles. The Morgan fingerprint density at radius 1 is 1.08 bits per heavy atom. The van der Waals surface area contributed by atoms with Crippen LogP contribution in [0.4, 0.5) is 4.79 Å². The Morgan fingerprint density at radius 2 is 1.80 bits per heavy atom. The van der Waals surface area contributed by atoms with Gasteiger partial charge in [-0.25, -0.2) is 4.79 Å². The lowest BCUT2D eigenvalue weighted by molar-refractivity contribution is 0.0757. The molecule has 0 atom stereocenters. The molecule has 2 rings (SSSR count). The van der Waals surface area contributed by atoms with E-state index >= 15 is 0 Å². The molecule has 140 valence electrons. The Kier molecular flexibility index (Phi) is 7.85. The van der Waals surface area contributed by atoms with Crippen LogP contribution in [0.2, 0.25) is 0 Å². The minimum absolute atomic E-state index is 0.173. The number of carbonyl (C=O) groups excluding carboxylic acids is 1. The maximum Gasteiger partial charge on any atom is 0.409 e. The van der Waals surface area contributed by atoms with Gasteiger partial charge in [0.1, 0.15) is 0 Å². The second-order valence-electron chi connectivity index (χ2n) is 6.24. The molecule has 0 aliphatic carbocycles. The number of piperazine rings is 1. The number of amides is 1. The highest BCUT2D eigenvalue weighted by Crippen LogP contribution is 2.27. The fourth-order valence-electron chi connectivity index (χ4n) is 2.87. The molecule has 1 aliphatic heterocycles. The third-order valence-corrected chi connectivity index (χ3v) is 4.52. The van der Waals surface area contributed by atoms with Crippen LogP contribution in [0.25, 0.3) is 0 Å². The lowest BCUT2D eigenvalue weighted by atomic mass is 10.1. The Hall–Kier alpha value is -1.95. The van der Waals surface area contributed by atoms with Crippen LogP contribution < -0.4 is 9.47 Å². The van der Waals surface area contributed by atoms with Crippen molar-refractivity contribution in [2.75, 3.05) is 53.6 Å². The summed E-state index contributed by atoms with van der Waals surface area (Å²) >= 11 is 0. The van der Waals surface area contributed by atoms with Crippen molar-refractivity contribution in [1.82, 2.24) is 9.80 Å². The normalized spacial score (nSPS) is 15.1. The van der Waals surface area contributed by atoms with Crippen molar-refractivity contribution >= 4 is 6.09 Å². The van der Waals surface area contributed by atoms with Gasteiger partial charge in [-0.1, -0.05) is 19.4 Å². The molecule has 1 heterocycles. The third-order valence-electron chi connectivity index (χ3n) is 4.52. The molecule has 25 heavy (non-hydrogen) atoms. The summed E-state index contributed by atoms with van der Waals surface area (Å²) in [5, 5.41) is 0. The summed E-state index contributed by atoms with van der Waals surface area (Å²) in [4.78, 5) is 16.1. The van der Waals surface area contributed by atoms with E-state index in [-0.39, 0.29) is 6.09 Å². The van der Waals surface area contributed by atoms with Crippen LogP contribution in [0.3, 0.4) is 0 Å². The summed E-state index contributed by atoms with van der Waals surface area (Å²) < 4.78 is 15.9. The van der Waals surface area contributed by atoms with Gasteiger partial charge in [0.15, 0.2) is 11.5 Å². The quantitative estimate of drug-likeness (QED) is 0.675. The molecule has 6 nitrogen and oxygen atoms in total. The number of hydrogen-bond donors (Lipinski definition) is 0. The fraction of sp³-hybridized carbons (Fsp3) is 0.632. The predicted octanol–water partition coefficient (Wildman–Crippen LogP) is 2.80. The average molecular weight is 350 g/mol. The Balaban J connectivity index is 1.74. The molecule has 1 fully saturated rings. The number of carbonyl (C=O) groups is 1. The van der Waals surface area contributed by atoms with Crippen molar-refractivity contribution in [1.29, 1.82) is 0 Å². The number of methoxy groups -OCH3 is 2. The first kappa shape index (κ1) is 19.4. The monoisotopic (exact) mass is 350 g/mol. The number of unbranched alkanes of at least 4 members (excludes halogenated alkanes) is 1. The fourth-order valence-corrected chi connectivity index (χ4v) is 2.87. The Bertz CT molecular complexity index is 542. The van der Waals surface area contributed by atoms with Gasteiger partial charge in [-0.15, -0.1) is 0 Å². The van der Waals surface area contributed by atoms with E-state index in [2.05, 4.69) is 17.9 Å². The summed E-state index contributed by atoms with van der Waals surface area (Å²) in [6.45, 7) is 6.81. The minimum atomic E-state index is -0.173. The molecule has 1 aromatic carbocycles. The first-order chi connectivity index (χ1) is 12.2. The van der Waals surface area contributed by atoms with E-state index in [0.29, 0.717) is 6.61 Å². The van der Waals surface area contributed by atoms with Gasteiger partial charge in [-0.3, -0.25) is 4.90 Å². The Labute approximate surface area is 150 Å². The molecule has 0 aromatic heterocycles. The summed E-state index contributed by atoms with van der Waals surface area (Å²) in [6.07, 6.45) is 2.74. The highest BCUT2D eigenvalue weighted by atomic mass is 16.6. The van der Waals surface area contributed by atoms with Crippen molar-refractivity contribution in [3.05, 3.63) is 23.8 Å². The SMILES string of the molecule is CCCCOC(=O)N1CCN(CCc2ccc(OC)c(OC)c2)CC1. The molecular weight excluding hydrogens is 320 g/mol. The topological polar surface area (TPSA) is 51.2 Å². The van der Waals surface area contributed by atoms with Crippen molar-refractivity contribution in [2.45, 2.75) is 26.2 Å². The van der Waals surface area contributed by atoms with Gasteiger partial charge < -0.3 is 19.1 Å². The van der Waals surface area contributed by atoms with Crippen molar-refractivity contribution in [2.24, 2.45) is 0 Å². The second-order valence-corrected chi connectivity index (χ2v) is 6.24. The zero-order valence-electron chi connectivity index (χ0n) is 15.6. The summed E-state index contributed by atoms with van der Waals surface area (Å²) in [5.41, 5.74) is 1.22. The van der Waals surface area contributed by atoms with Gasteiger partial charge >= 0.3 is 6.09 Å². The number of ether oxygens (including phenoxy) is 3. The van der Waals surface area contributed by atoms with Gasteiger partial charge in [0.25, 0.3) is 0 Å². The molecule has 0 unspecified atom stereocenters. The van der Waals surface area contributed by atoms with Crippen molar-refractivity contribution in [3.63, 3.8) is 0 Å². The average Bonchev–Trinajstić information content (AvgIpc) is 2.66. The van der Waals surface area contributed by atoms with E-state index < -0.39 is 0 Å². The highest BCUT2D eigenvalue weighted by Gasteiger charge is 2.21. The van der Waals surface area contributed by atoms with Crippen molar-refractivity contribution < 1.29 is 19.0 Å². The number of hydrogen-bond acceptors (Lipinski definition) is 5. The molecule has 1 aromatic rings. The van der Waals surface area contributed by atoms with Crippen LogP contribution in [0.5, 0.6) is 11.5 Å². The zero-order valence-corrected chi connectivity index (χ0v) is 15.6. The number of rotatable bonds is 8. The van der Waals surface area contributed by atoms with Crippen LogP contribution in [0, 0.1) is 0 Å². The van der Waals surface area contributed by atoms with E-state index in [0.717, 1.165) is 63.5 Å². The number of benzene rings is 1. The van der Waals surface area contributed by atoms with E-state index in [1.165, 1.54) is 5.56 Å². The lowest BCUT2D eigenvalue weighted by Crippen LogP contribution is -2.49. The van der Waals surface area contributed by atoms with Gasteiger partial charge in [0, 0.05) is 32.7 Å². The van der Waals surface area contributed by atoms with Crippen LogP contribution in [0.1, 0.15) is 25.3 Å². The van der Waals surface area contributed by atoms with Gasteiger partial charge in [-0.2, -0.15) is 0 Å². The van der Waals surface area contributed by atoms with Crippen molar-refractivity contribution in [3.8, 4) is 11.5 Å². The minimum Gasteiger partial charge on any atom is -0.493 e. The second kappa shape index (κ2) is 10.1. The Morgan fingerprint density at radius 3 is 2.44 bits per heavy atom. The maximum atomic E-state index is 11.9. The molecule has 1 saturated heterocycles. The summed E-state index contributed by atoms with van der Waals surface area (Å²) in [5.74, 6) is 1.51. The molecule has 1 amide bonds. The summed E-state index contributed by atoms with van der Waals surface area (Å²) in [7, 11) is 3.30. The molecule has 0 spiro atoms. The molecule has 1 aliphatic rings. The number of nitrogens with zero attached hydrogens (tertiary/aromatic N) is 2. The van der Waals surface area contributed by atoms with Gasteiger partial charge in [0.2, 0.25) is 0 Å². The smallest absolute Gasteiger partial charge is 0.409 e. The van der Waals surface area contributed by atoms with E-state index in [9.17, 15) is 4.79 Å². The molecule has 6 heteroatoms. The zero-order chi connectivity index (χ0) is 18.1. The summed E-state index contributed by atoms with van der Waals surface area (Å²) in [6, 6.07) is 6.04. The first-order valence-electron chi connectivity index (χ1n) is 9.03.